The quantitative estimate of drug-likeness (QED) is 0.460. The molecule has 36 heavy (non-hydrogen) atoms. The first-order valence-corrected chi connectivity index (χ1v) is 13.7. The van der Waals surface area contributed by atoms with Crippen LogP contribution in [-0.4, -0.2) is 47.5 Å². The number of nitrogens with zero attached hydrogens (tertiary/aromatic N) is 3. The number of aryl methyl sites for hydroxylation is 1. The van der Waals surface area contributed by atoms with E-state index in [1.54, 1.807) is 18.2 Å². The number of carbonyl (C=O) groups is 1. The molecule has 2 aliphatic rings. The molecule has 0 atom stereocenters. The second-order valence-corrected chi connectivity index (χ2v) is 11.8. The molecule has 0 radical (unpaired) electrons. The van der Waals surface area contributed by atoms with Crippen LogP contribution < -0.4 is 11.1 Å². The number of halogens is 3. The molecule has 1 aromatic carbocycles. The van der Waals surface area contributed by atoms with Crippen LogP contribution in [0, 0.1) is 0 Å². The van der Waals surface area contributed by atoms with Gasteiger partial charge >= 0.3 is 6.18 Å². The lowest BCUT2D eigenvalue weighted by Gasteiger charge is -2.19. The molecule has 13 heteroatoms. The van der Waals surface area contributed by atoms with Gasteiger partial charge in [-0.05, 0) is 49.1 Å². The van der Waals surface area contributed by atoms with Crippen LogP contribution in [0.5, 0.6) is 0 Å². The summed E-state index contributed by atoms with van der Waals surface area (Å²) < 4.78 is 67.5. The van der Waals surface area contributed by atoms with E-state index in [0.717, 1.165) is 24.5 Å². The number of fused-ring (bicyclic) bond motifs is 1. The van der Waals surface area contributed by atoms with Gasteiger partial charge in [0.05, 0.1) is 21.2 Å². The topological polar surface area (TPSA) is 118 Å². The number of anilines is 3. The summed E-state index contributed by atoms with van der Waals surface area (Å²) in [5, 5.41) is 2.93. The van der Waals surface area contributed by atoms with E-state index >= 15 is 0 Å². The van der Waals surface area contributed by atoms with Crippen molar-refractivity contribution in [1.29, 1.82) is 0 Å². The molecular formula is C23H22F3N5O3S2. The average Bonchev–Trinajstić information content (AvgIpc) is 3.56. The van der Waals surface area contributed by atoms with E-state index in [1.807, 2.05) is 6.92 Å². The van der Waals surface area contributed by atoms with E-state index in [1.165, 1.54) is 4.90 Å². The Hall–Kier alpha value is -3.19. The van der Waals surface area contributed by atoms with Gasteiger partial charge < -0.3 is 16.0 Å². The fourth-order valence-corrected chi connectivity index (χ4v) is 7.07. The molecule has 190 valence electrons. The summed E-state index contributed by atoms with van der Waals surface area (Å²) in [7, 11) is -3.86. The molecule has 0 saturated heterocycles. The van der Waals surface area contributed by atoms with Crippen LogP contribution in [0.4, 0.5) is 30.5 Å². The van der Waals surface area contributed by atoms with Crippen molar-refractivity contribution < 1.29 is 26.4 Å². The van der Waals surface area contributed by atoms with Crippen molar-refractivity contribution in [3.63, 3.8) is 0 Å². The summed E-state index contributed by atoms with van der Waals surface area (Å²) in [5.41, 5.74) is 6.15. The van der Waals surface area contributed by atoms with Crippen LogP contribution in [0.2, 0.25) is 0 Å². The zero-order chi connectivity index (χ0) is 25.8. The maximum atomic E-state index is 13.9. The summed E-state index contributed by atoms with van der Waals surface area (Å²) in [6.45, 7) is 1.97. The second kappa shape index (κ2) is 8.73. The van der Waals surface area contributed by atoms with E-state index in [2.05, 4.69) is 15.3 Å². The normalized spacial score (nSPS) is 17.6. The molecule has 1 saturated carbocycles. The summed E-state index contributed by atoms with van der Waals surface area (Å²) >= 11 is 0.711. The molecule has 3 aromatic rings. The van der Waals surface area contributed by atoms with Crippen LogP contribution in [0.25, 0.3) is 10.6 Å². The molecule has 1 aliphatic carbocycles. The van der Waals surface area contributed by atoms with Crippen LogP contribution in [0.1, 0.15) is 40.6 Å². The van der Waals surface area contributed by atoms with Crippen molar-refractivity contribution in [2.24, 2.45) is 0 Å². The first-order chi connectivity index (χ1) is 17.0. The highest BCUT2D eigenvalue weighted by Crippen LogP contribution is 2.43. The SMILES string of the molecule is CCc1cc(N)ccc1Nc1ncc(C(F)(F)F)c(-c2cc3c(s2)C(=O)N(C2CC2)CCS3(=O)=O)n1. The van der Waals surface area contributed by atoms with Crippen molar-refractivity contribution >= 4 is 44.4 Å². The molecule has 2 aromatic heterocycles. The first-order valence-electron chi connectivity index (χ1n) is 11.3. The second-order valence-electron chi connectivity index (χ2n) is 8.70. The van der Waals surface area contributed by atoms with Crippen molar-refractivity contribution in [3.05, 3.63) is 46.5 Å². The number of sulfone groups is 1. The molecule has 1 fully saturated rings. The number of nitrogen functional groups attached to an aromatic ring is 1. The average molecular weight is 538 g/mol. The summed E-state index contributed by atoms with van der Waals surface area (Å²) in [4.78, 5) is 22.2. The highest BCUT2D eigenvalue weighted by molar-refractivity contribution is 7.91. The highest BCUT2D eigenvalue weighted by atomic mass is 32.2. The molecular weight excluding hydrogens is 515 g/mol. The Bertz CT molecular complexity index is 1470. The third kappa shape index (κ3) is 4.52. The Morgan fingerprint density at radius 2 is 2.00 bits per heavy atom. The van der Waals surface area contributed by atoms with E-state index in [0.29, 0.717) is 35.3 Å². The molecule has 8 nitrogen and oxygen atoms in total. The number of carbonyl (C=O) groups excluding carboxylic acids is 1. The molecule has 3 N–H and O–H groups in total. The van der Waals surface area contributed by atoms with Gasteiger partial charge in [0, 0.05) is 30.2 Å². The highest BCUT2D eigenvalue weighted by Gasteiger charge is 2.41. The van der Waals surface area contributed by atoms with Gasteiger partial charge in [0.1, 0.15) is 10.4 Å². The predicted octanol–water partition coefficient (Wildman–Crippen LogP) is 4.50. The van der Waals surface area contributed by atoms with Crippen LogP contribution >= 0.6 is 11.3 Å². The third-order valence-corrected chi connectivity index (χ3v) is 9.13. The van der Waals surface area contributed by atoms with E-state index in [9.17, 15) is 26.4 Å². The maximum absolute atomic E-state index is 13.9. The molecule has 5 rings (SSSR count). The summed E-state index contributed by atoms with van der Waals surface area (Å²) in [6, 6.07) is 6.17. The first kappa shape index (κ1) is 24.5. The fraction of sp³-hybridized carbons (Fsp3) is 0.348. The number of hydrogen-bond acceptors (Lipinski definition) is 8. The van der Waals surface area contributed by atoms with Gasteiger partial charge in [-0.1, -0.05) is 6.92 Å². The molecule has 0 spiro atoms. The lowest BCUT2D eigenvalue weighted by molar-refractivity contribution is -0.137. The largest absolute Gasteiger partial charge is 0.420 e. The van der Waals surface area contributed by atoms with Crippen LogP contribution in [-0.2, 0) is 22.4 Å². The van der Waals surface area contributed by atoms with Crippen molar-refractivity contribution in [3.8, 4) is 10.6 Å². The zero-order valence-electron chi connectivity index (χ0n) is 19.1. The van der Waals surface area contributed by atoms with Crippen molar-refractivity contribution in [2.45, 2.75) is 43.3 Å². The van der Waals surface area contributed by atoms with Crippen molar-refractivity contribution in [2.75, 3.05) is 23.3 Å². The number of alkyl halides is 3. The van der Waals surface area contributed by atoms with Gasteiger partial charge in [-0.15, -0.1) is 11.3 Å². The maximum Gasteiger partial charge on any atom is 0.420 e. The Balaban J connectivity index is 1.61. The number of thiophene rings is 1. The molecule has 0 unspecified atom stereocenters. The van der Waals surface area contributed by atoms with E-state index in [-0.39, 0.29) is 38.9 Å². The molecule has 0 bridgehead atoms. The molecule has 1 amide bonds. The van der Waals surface area contributed by atoms with Gasteiger partial charge in [0.15, 0.2) is 9.84 Å². The Morgan fingerprint density at radius 1 is 1.25 bits per heavy atom. The number of aromatic nitrogens is 2. The van der Waals surface area contributed by atoms with Gasteiger partial charge in [-0.2, -0.15) is 13.2 Å². The fourth-order valence-electron chi connectivity index (χ4n) is 4.15. The smallest absolute Gasteiger partial charge is 0.399 e. The lowest BCUT2D eigenvalue weighted by Crippen LogP contribution is -2.34. The standard InChI is InChI=1S/C23H22F3N5O3S2/c1-2-12-9-13(27)3-6-16(12)29-22-28-11-15(23(24,25)26)19(30-22)17-10-18-20(35-17)21(32)31(14-4-5-14)7-8-36(18,33)34/h3,6,9-11,14H,2,4-5,7-8,27H2,1H3,(H,28,29,30). The monoisotopic (exact) mass is 537 g/mol. The van der Waals surface area contributed by atoms with Crippen LogP contribution in [0.3, 0.4) is 0 Å². The van der Waals surface area contributed by atoms with Gasteiger partial charge in [-0.3, -0.25) is 4.79 Å². The van der Waals surface area contributed by atoms with Crippen molar-refractivity contribution in [1.82, 2.24) is 14.9 Å². The third-order valence-electron chi connectivity index (χ3n) is 6.16. The van der Waals surface area contributed by atoms with Gasteiger partial charge in [-0.25, -0.2) is 18.4 Å². The number of hydrogen-bond donors (Lipinski definition) is 2. The minimum Gasteiger partial charge on any atom is -0.399 e. The number of benzene rings is 1. The predicted molar refractivity (Wildman–Crippen MR) is 130 cm³/mol. The van der Waals surface area contributed by atoms with Crippen LogP contribution in [0.15, 0.2) is 35.4 Å². The van der Waals surface area contributed by atoms with E-state index in [4.69, 9.17) is 5.73 Å². The Labute approximate surface area is 209 Å². The molecule has 1 aliphatic heterocycles. The van der Waals surface area contributed by atoms with Gasteiger partial charge in [0.25, 0.3) is 5.91 Å². The number of amides is 1. The minimum atomic E-state index is -4.80. The minimum absolute atomic E-state index is 0.0301. The Morgan fingerprint density at radius 3 is 2.67 bits per heavy atom. The van der Waals surface area contributed by atoms with Gasteiger partial charge in [0.2, 0.25) is 5.95 Å². The summed E-state index contributed by atoms with van der Waals surface area (Å²) in [6.07, 6.45) is -1.97. The number of nitrogens with two attached hydrogens (primary N) is 1. The lowest BCUT2D eigenvalue weighted by atomic mass is 10.1. The zero-order valence-corrected chi connectivity index (χ0v) is 20.7. The summed E-state index contributed by atoms with van der Waals surface area (Å²) in [5.74, 6) is -0.854. The Kier molecular flexibility index (Phi) is 5.94. The number of rotatable bonds is 5. The van der Waals surface area contributed by atoms with E-state index < -0.39 is 33.2 Å². The number of nitrogens with one attached hydrogen (secondary N) is 1. The molecule has 3 heterocycles.